The summed E-state index contributed by atoms with van der Waals surface area (Å²) in [5.41, 5.74) is 1.87. The Balaban J connectivity index is 1.43. The van der Waals surface area contributed by atoms with Gasteiger partial charge in [0.25, 0.3) is 0 Å². The fourth-order valence-electron chi connectivity index (χ4n) is 9.47. The first-order valence-corrected chi connectivity index (χ1v) is 21.0. The van der Waals surface area contributed by atoms with E-state index in [0.29, 0.717) is 28.0 Å². The minimum absolute atomic E-state index is 0.0238. The van der Waals surface area contributed by atoms with Crippen molar-refractivity contribution in [2.45, 2.75) is 49.0 Å². The van der Waals surface area contributed by atoms with Crippen molar-refractivity contribution >= 4 is 29.5 Å². The van der Waals surface area contributed by atoms with E-state index in [1.54, 1.807) is 42.5 Å². The van der Waals surface area contributed by atoms with Gasteiger partial charge in [-0.15, -0.1) is 6.58 Å². The number of urea groups is 1. The summed E-state index contributed by atoms with van der Waals surface area (Å²) in [5, 5.41) is 25.1. The van der Waals surface area contributed by atoms with Crippen LogP contribution in [0.2, 0.25) is 0 Å². The molecule has 0 bridgehead atoms. The zero-order valence-electron chi connectivity index (χ0n) is 34.7. The summed E-state index contributed by atoms with van der Waals surface area (Å²) in [6.45, 7) is 5.33. The Morgan fingerprint density at radius 1 is 0.857 bits per heavy atom. The van der Waals surface area contributed by atoms with E-state index in [1.807, 2.05) is 103 Å². The summed E-state index contributed by atoms with van der Waals surface area (Å²) in [6, 6.07) is 35.8. The number of imide groups is 1. The van der Waals surface area contributed by atoms with E-state index in [4.69, 9.17) is 9.47 Å². The summed E-state index contributed by atoms with van der Waals surface area (Å²) in [4.78, 5) is 64.6. The lowest BCUT2D eigenvalue weighted by atomic mass is 9.65. The van der Waals surface area contributed by atoms with Crippen LogP contribution in [-0.2, 0) is 24.5 Å². The average Bonchev–Trinajstić information content (AvgIpc) is 3.77. The molecule has 3 aliphatic heterocycles. The van der Waals surface area contributed by atoms with E-state index < -0.39 is 65.4 Å². The monoisotopic (exact) mass is 844 g/mol. The second-order valence-electron chi connectivity index (χ2n) is 15.7. The van der Waals surface area contributed by atoms with Crippen LogP contribution in [0.1, 0.15) is 71.0 Å². The number of carbonyl (C=O) groups excluding carboxylic acids is 4. The quantitative estimate of drug-likeness (QED) is 0.0650. The molecule has 7 atom stereocenters. The van der Waals surface area contributed by atoms with Gasteiger partial charge in [-0.05, 0) is 65.1 Å². The number of amides is 4. The fraction of sp³-hybridized carbons (Fsp3) is 0.255. The number of hydrogen-bond acceptors (Lipinski definition) is 9. The molecule has 2 fully saturated rings. The highest BCUT2D eigenvalue weighted by molar-refractivity contribution is 6.24. The van der Waals surface area contributed by atoms with Crippen LogP contribution in [-0.4, -0.2) is 71.3 Å². The van der Waals surface area contributed by atoms with Crippen molar-refractivity contribution in [3.05, 3.63) is 179 Å². The first-order chi connectivity index (χ1) is 30.7. The molecule has 1 spiro atoms. The van der Waals surface area contributed by atoms with Crippen molar-refractivity contribution in [2.24, 2.45) is 5.92 Å². The van der Waals surface area contributed by atoms with Crippen LogP contribution >= 0.6 is 0 Å². The molecule has 8 rings (SSSR count). The maximum atomic E-state index is 16.3. The van der Waals surface area contributed by atoms with Crippen LogP contribution in [0.25, 0.3) is 0 Å². The smallest absolute Gasteiger partial charge is 0.329 e. The van der Waals surface area contributed by atoms with E-state index in [9.17, 15) is 15.0 Å². The minimum atomic E-state index is -1.97. The van der Waals surface area contributed by atoms with E-state index in [0.717, 1.165) is 16.0 Å². The number of aliphatic hydroxyl groups is 2. The van der Waals surface area contributed by atoms with Gasteiger partial charge < -0.3 is 30.3 Å². The molecular weight excluding hydrogens is 797 g/mol. The zero-order valence-corrected chi connectivity index (χ0v) is 34.7. The van der Waals surface area contributed by atoms with E-state index in [-0.39, 0.29) is 38.5 Å². The van der Waals surface area contributed by atoms with Crippen molar-refractivity contribution < 1.29 is 38.9 Å². The molecule has 12 nitrogen and oxygen atoms in total. The third-order valence-electron chi connectivity index (χ3n) is 12.0. The number of rotatable bonds is 12. The van der Waals surface area contributed by atoms with Crippen molar-refractivity contribution in [1.82, 2.24) is 15.5 Å². The van der Waals surface area contributed by atoms with Gasteiger partial charge in [0.15, 0.2) is 0 Å². The van der Waals surface area contributed by atoms with E-state index in [2.05, 4.69) is 29.1 Å². The molecule has 0 aliphatic carbocycles. The Morgan fingerprint density at radius 2 is 1.52 bits per heavy atom. The number of carbonyl (C=O) groups is 4. The highest BCUT2D eigenvalue weighted by atomic mass is 16.6. The molecule has 3 aliphatic rings. The number of nitrogens with one attached hydrogen (secondary N) is 2. The number of esters is 1. The van der Waals surface area contributed by atoms with Crippen molar-refractivity contribution in [1.29, 1.82) is 0 Å². The van der Waals surface area contributed by atoms with Crippen LogP contribution in [0.4, 0.5) is 10.5 Å². The lowest BCUT2D eigenvalue weighted by molar-refractivity contribution is -0.178. The van der Waals surface area contributed by atoms with Gasteiger partial charge in [0.05, 0.1) is 42.9 Å². The maximum Gasteiger partial charge on any atom is 0.329 e. The fourth-order valence-corrected chi connectivity index (χ4v) is 9.47. The lowest BCUT2D eigenvalue weighted by Gasteiger charge is -2.46. The highest BCUT2D eigenvalue weighted by Gasteiger charge is 2.75. The van der Waals surface area contributed by atoms with Gasteiger partial charge in [-0.25, -0.2) is 9.69 Å². The molecule has 4 N–H and O–H groups in total. The molecule has 63 heavy (non-hydrogen) atoms. The molecule has 0 aromatic heterocycles. The number of ether oxygens (including phenoxy) is 2. The third-order valence-corrected chi connectivity index (χ3v) is 12.0. The van der Waals surface area contributed by atoms with Gasteiger partial charge >= 0.3 is 12.0 Å². The van der Waals surface area contributed by atoms with Gasteiger partial charge in [-0.1, -0.05) is 121 Å². The van der Waals surface area contributed by atoms with E-state index >= 15 is 14.4 Å². The number of fused-ring (bicyclic) bond motifs is 3. The van der Waals surface area contributed by atoms with Crippen LogP contribution in [0.3, 0.4) is 0 Å². The highest BCUT2D eigenvalue weighted by Crippen LogP contribution is 2.66. The Hall–Kier alpha value is -7.04. The number of anilines is 1. The van der Waals surface area contributed by atoms with Gasteiger partial charge in [0, 0.05) is 18.5 Å². The average molecular weight is 845 g/mol. The summed E-state index contributed by atoms with van der Waals surface area (Å²) in [6.07, 6.45) is 0.812. The summed E-state index contributed by atoms with van der Waals surface area (Å²) in [5.74, 6) is 2.99. The molecule has 12 heteroatoms. The maximum absolute atomic E-state index is 16.3. The Morgan fingerprint density at radius 3 is 2.17 bits per heavy atom. The van der Waals surface area contributed by atoms with Crippen LogP contribution < -0.4 is 20.3 Å². The van der Waals surface area contributed by atoms with Gasteiger partial charge in [-0.2, -0.15) is 0 Å². The Kier molecular flexibility index (Phi) is 12.5. The summed E-state index contributed by atoms with van der Waals surface area (Å²) in [7, 11) is 0. The molecule has 7 unspecified atom stereocenters. The topological polar surface area (TPSA) is 158 Å². The molecule has 0 radical (unpaired) electrons. The summed E-state index contributed by atoms with van der Waals surface area (Å²) >= 11 is 0. The van der Waals surface area contributed by atoms with Gasteiger partial charge in [0.2, 0.25) is 11.8 Å². The Bertz CT molecular complexity index is 2540. The van der Waals surface area contributed by atoms with Crippen molar-refractivity contribution in [3.63, 3.8) is 0 Å². The molecular formula is C51H48N4O8. The predicted molar refractivity (Wildman–Crippen MR) is 236 cm³/mol. The predicted octanol–water partition coefficient (Wildman–Crippen LogP) is 6.23. The second-order valence-corrected chi connectivity index (χ2v) is 15.7. The number of nitrogens with zero attached hydrogens (tertiary/aromatic N) is 2. The number of benzene rings is 5. The van der Waals surface area contributed by atoms with Crippen molar-refractivity contribution in [2.75, 3.05) is 31.3 Å². The van der Waals surface area contributed by atoms with Crippen LogP contribution in [0.15, 0.2) is 146 Å². The first-order valence-electron chi connectivity index (χ1n) is 21.0. The summed E-state index contributed by atoms with van der Waals surface area (Å²) < 4.78 is 12.3. The Labute approximate surface area is 366 Å². The SMILES string of the molecule is C=CCNC(=O)C1C2C(=O)OC(c3ccccc3)C(c3ccccc3)N2C(c2ccc(OCCO)cc2)C12C(=O)N(C(=O)NC(C)c1ccccc1)c1ccc(C#CCCO)cc12. The standard InChI is InChI=1S/C51H48N4O8/c1-3-28-52-47(58)42-44-48(59)63-45(37-20-11-6-12-21-37)43(36-18-9-5-10-19-36)55(44)46(38-23-25-39(26-24-38)62-31-30-57)51(42)40-32-34(15-13-14-29-56)22-27-41(40)54(49(51)60)50(61)53-33(2)35-16-7-4-8-17-35/h3-12,16-27,32-33,42-46,56-57H,1,14,28-31H2,2H3,(H,52,58)(H,53,61). The molecule has 4 amide bonds. The van der Waals surface area contributed by atoms with Crippen molar-refractivity contribution in [3.8, 4) is 17.6 Å². The first kappa shape index (κ1) is 42.6. The molecule has 320 valence electrons. The number of aliphatic hydroxyl groups excluding tert-OH is 2. The lowest BCUT2D eigenvalue weighted by Crippen LogP contribution is -2.56. The van der Waals surface area contributed by atoms with Crippen LogP contribution in [0.5, 0.6) is 5.75 Å². The molecule has 3 heterocycles. The molecule has 0 saturated carbocycles. The molecule has 5 aromatic carbocycles. The van der Waals surface area contributed by atoms with Gasteiger partial charge in [0.1, 0.15) is 29.9 Å². The molecule has 2 saturated heterocycles. The zero-order chi connectivity index (χ0) is 44.1. The normalized spacial score (nSPS) is 22.8. The minimum Gasteiger partial charge on any atom is -0.491 e. The van der Waals surface area contributed by atoms with Gasteiger partial charge in [-0.3, -0.25) is 19.3 Å². The molecule has 5 aromatic rings. The largest absolute Gasteiger partial charge is 0.491 e. The second kappa shape index (κ2) is 18.5. The van der Waals surface area contributed by atoms with E-state index in [1.165, 1.54) is 6.08 Å². The number of morpholine rings is 1. The van der Waals surface area contributed by atoms with Crippen LogP contribution in [0, 0.1) is 17.8 Å². The number of cyclic esters (lactones) is 1. The third kappa shape index (κ3) is 7.76. The number of hydrogen-bond donors (Lipinski definition) is 4.